The normalized spacial score (nSPS) is 13.9. The van der Waals surface area contributed by atoms with Crippen molar-refractivity contribution >= 4 is 0 Å². The van der Waals surface area contributed by atoms with E-state index >= 15 is 0 Å². The molecule has 1 unspecified atom stereocenters. The Bertz CT molecular complexity index is 103. The van der Waals surface area contributed by atoms with Gasteiger partial charge in [-0.3, -0.25) is 0 Å². The van der Waals surface area contributed by atoms with E-state index in [2.05, 4.69) is 32.9 Å². The lowest BCUT2D eigenvalue weighted by Gasteiger charge is -2.12. The first-order chi connectivity index (χ1) is 5.85. The summed E-state index contributed by atoms with van der Waals surface area (Å²) in [6.07, 6.45) is 12.7. The fourth-order valence-electron chi connectivity index (χ4n) is 1.61. The van der Waals surface area contributed by atoms with Gasteiger partial charge in [0.05, 0.1) is 0 Å². The highest BCUT2D eigenvalue weighted by atomic mass is 14.1. The maximum absolute atomic E-state index is 2.32. The van der Waals surface area contributed by atoms with Crippen molar-refractivity contribution in [3.05, 3.63) is 12.2 Å². The molecule has 0 spiro atoms. The molecule has 0 radical (unpaired) electrons. The Hall–Kier alpha value is -0.260. The number of unbranched alkanes of at least 4 members (excludes halogenated alkanes) is 1. The number of rotatable bonds is 7. The average Bonchev–Trinajstić information content (AvgIpc) is 2.10. The third-order valence-electron chi connectivity index (χ3n) is 2.37. The van der Waals surface area contributed by atoms with Crippen molar-refractivity contribution < 1.29 is 0 Å². The van der Waals surface area contributed by atoms with Crippen LogP contribution in [0.3, 0.4) is 0 Å². The molecular formula is C12H24. The number of hydrogen-bond donors (Lipinski definition) is 0. The summed E-state index contributed by atoms with van der Waals surface area (Å²) in [4.78, 5) is 0. The van der Waals surface area contributed by atoms with Crippen LogP contribution in [0.25, 0.3) is 0 Å². The maximum atomic E-state index is 2.32. The van der Waals surface area contributed by atoms with Crippen LogP contribution in [0.2, 0.25) is 0 Å². The zero-order chi connectivity index (χ0) is 9.23. The van der Waals surface area contributed by atoms with Gasteiger partial charge in [-0.15, -0.1) is 0 Å². The van der Waals surface area contributed by atoms with Crippen LogP contribution in [0.1, 0.15) is 59.3 Å². The van der Waals surface area contributed by atoms with Crippen LogP contribution in [-0.2, 0) is 0 Å². The standard InChI is InChI=1S/C12H24/c1-4-7-10-12(9-6-3)11-8-5-2/h4,7,12H,5-6,8-11H2,1-3H3. The van der Waals surface area contributed by atoms with E-state index in [0.29, 0.717) is 0 Å². The summed E-state index contributed by atoms with van der Waals surface area (Å²) in [5.74, 6) is 0.950. The van der Waals surface area contributed by atoms with E-state index in [1.54, 1.807) is 0 Å². The zero-order valence-electron chi connectivity index (χ0n) is 8.97. The van der Waals surface area contributed by atoms with E-state index in [0.717, 1.165) is 5.92 Å². The van der Waals surface area contributed by atoms with Crippen LogP contribution in [0, 0.1) is 5.92 Å². The Morgan fingerprint density at radius 2 is 1.83 bits per heavy atom. The summed E-state index contributed by atoms with van der Waals surface area (Å²) < 4.78 is 0. The first kappa shape index (κ1) is 11.7. The van der Waals surface area contributed by atoms with E-state index in [9.17, 15) is 0 Å². The molecule has 0 rings (SSSR count). The summed E-state index contributed by atoms with van der Waals surface area (Å²) in [6, 6.07) is 0. The van der Waals surface area contributed by atoms with Gasteiger partial charge in [-0.2, -0.15) is 0 Å². The van der Waals surface area contributed by atoms with Crippen molar-refractivity contribution in [2.24, 2.45) is 5.92 Å². The monoisotopic (exact) mass is 168 g/mol. The van der Waals surface area contributed by atoms with E-state index < -0.39 is 0 Å². The minimum atomic E-state index is 0.950. The summed E-state index contributed by atoms with van der Waals surface area (Å²) >= 11 is 0. The molecule has 0 aromatic rings. The lowest BCUT2D eigenvalue weighted by Crippen LogP contribution is -1.98. The Kier molecular flexibility index (Phi) is 8.64. The quantitative estimate of drug-likeness (QED) is 0.489. The number of hydrogen-bond acceptors (Lipinski definition) is 0. The second kappa shape index (κ2) is 8.83. The molecule has 0 bridgehead atoms. The minimum Gasteiger partial charge on any atom is -0.0917 e. The van der Waals surface area contributed by atoms with Gasteiger partial charge in [0.25, 0.3) is 0 Å². The van der Waals surface area contributed by atoms with Gasteiger partial charge in [0.2, 0.25) is 0 Å². The molecule has 0 nitrogen and oxygen atoms in total. The van der Waals surface area contributed by atoms with Crippen molar-refractivity contribution in [2.45, 2.75) is 59.3 Å². The molecule has 0 aliphatic heterocycles. The molecule has 12 heavy (non-hydrogen) atoms. The van der Waals surface area contributed by atoms with Crippen LogP contribution < -0.4 is 0 Å². The van der Waals surface area contributed by atoms with Gasteiger partial charge in [-0.05, 0) is 19.3 Å². The molecule has 0 N–H and O–H groups in total. The topological polar surface area (TPSA) is 0 Å². The molecule has 0 aliphatic rings. The van der Waals surface area contributed by atoms with E-state index in [-0.39, 0.29) is 0 Å². The highest BCUT2D eigenvalue weighted by Gasteiger charge is 2.03. The van der Waals surface area contributed by atoms with Crippen LogP contribution in [0.5, 0.6) is 0 Å². The third-order valence-corrected chi connectivity index (χ3v) is 2.37. The molecule has 0 heteroatoms. The van der Waals surface area contributed by atoms with Crippen molar-refractivity contribution in [3.8, 4) is 0 Å². The van der Waals surface area contributed by atoms with Crippen LogP contribution >= 0.6 is 0 Å². The lowest BCUT2D eigenvalue weighted by molar-refractivity contribution is 0.434. The second-order valence-electron chi connectivity index (χ2n) is 3.60. The highest BCUT2D eigenvalue weighted by Crippen LogP contribution is 2.18. The molecule has 0 aromatic carbocycles. The van der Waals surface area contributed by atoms with Gasteiger partial charge in [-0.25, -0.2) is 0 Å². The molecular weight excluding hydrogens is 144 g/mol. The van der Waals surface area contributed by atoms with Gasteiger partial charge < -0.3 is 0 Å². The summed E-state index contributed by atoms with van der Waals surface area (Å²) in [5.41, 5.74) is 0. The summed E-state index contributed by atoms with van der Waals surface area (Å²) in [7, 11) is 0. The first-order valence-electron chi connectivity index (χ1n) is 5.46. The molecule has 0 saturated heterocycles. The molecule has 0 saturated carbocycles. The van der Waals surface area contributed by atoms with Gasteiger partial charge in [0, 0.05) is 0 Å². The SMILES string of the molecule is CC=CCC(CCC)CCCC. The second-order valence-corrected chi connectivity index (χ2v) is 3.60. The Morgan fingerprint density at radius 3 is 2.33 bits per heavy atom. The average molecular weight is 168 g/mol. The lowest BCUT2D eigenvalue weighted by atomic mass is 9.94. The predicted octanol–water partition coefficient (Wildman–Crippen LogP) is 4.56. The molecule has 0 heterocycles. The molecule has 0 fully saturated rings. The van der Waals surface area contributed by atoms with Crippen LogP contribution in [0.15, 0.2) is 12.2 Å². The van der Waals surface area contributed by atoms with Crippen molar-refractivity contribution in [3.63, 3.8) is 0 Å². The Balaban J connectivity index is 3.53. The smallest absolute Gasteiger partial charge is 0.0322 e. The fraction of sp³-hybridized carbons (Fsp3) is 0.833. The third kappa shape index (κ3) is 6.45. The Labute approximate surface area is 78.1 Å². The molecule has 0 aromatic heterocycles. The Morgan fingerprint density at radius 1 is 1.08 bits per heavy atom. The molecule has 0 amide bonds. The van der Waals surface area contributed by atoms with Crippen molar-refractivity contribution in [1.82, 2.24) is 0 Å². The van der Waals surface area contributed by atoms with E-state index in [1.165, 1.54) is 38.5 Å². The fourth-order valence-corrected chi connectivity index (χ4v) is 1.61. The molecule has 0 aliphatic carbocycles. The van der Waals surface area contributed by atoms with E-state index in [1.807, 2.05) is 0 Å². The number of allylic oxidation sites excluding steroid dienone is 2. The van der Waals surface area contributed by atoms with Crippen molar-refractivity contribution in [2.75, 3.05) is 0 Å². The van der Waals surface area contributed by atoms with Crippen molar-refractivity contribution in [1.29, 1.82) is 0 Å². The molecule has 1 atom stereocenters. The van der Waals surface area contributed by atoms with Crippen LogP contribution in [-0.4, -0.2) is 0 Å². The first-order valence-corrected chi connectivity index (χ1v) is 5.46. The predicted molar refractivity (Wildman–Crippen MR) is 57.4 cm³/mol. The van der Waals surface area contributed by atoms with E-state index in [4.69, 9.17) is 0 Å². The summed E-state index contributed by atoms with van der Waals surface area (Å²) in [5, 5.41) is 0. The molecule has 72 valence electrons. The largest absolute Gasteiger partial charge is 0.0917 e. The van der Waals surface area contributed by atoms with Gasteiger partial charge in [-0.1, -0.05) is 58.1 Å². The maximum Gasteiger partial charge on any atom is -0.0322 e. The summed E-state index contributed by atoms with van der Waals surface area (Å²) in [6.45, 7) is 6.68. The highest BCUT2D eigenvalue weighted by molar-refractivity contribution is 4.80. The van der Waals surface area contributed by atoms with Crippen LogP contribution in [0.4, 0.5) is 0 Å². The van der Waals surface area contributed by atoms with Gasteiger partial charge in [0.15, 0.2) is 0 Å². The minimum absolute atomic E-state index is 0.950. The zero-order valence-corrected chi connectivity index (χ0v) is 8.97. The van der Waals surface area contributed by atoms with Gasteiger partial charge >= 0.3 is 0 Å². The van der Waals surface area contributed by atoms with Gasteiger partial charge in [0.1, 0.15) is 0 Å².